The number of benzene rings is 1. The number of hydrogen-bond donors (Lipinski definition) is 1. The summed E-state index contributed by atoms with van der Waals surface area (Å²) in [6.45, 7) is 2.78. The number of amides is 1. The van der Waals surface area contributed by atoms with Gasteiger partial charge in [0.25, 0.3) is 0 Å². The number of carbonyl (C=O) groups is 1. The summed E-state index contributed by atoms with van der Waals surface area (Å²) in [5.74, 6) is 0.135. The summed E-state index contributed by atoms with van der Waals surface area (Å²) in [5.41, 5.74) is 0.742. The largest absolute Gasteiger partial charge is 0.355 e. The smallest absolute Gasteiger partial charge is 0.230 e. The molecule has 0 aliphatic carbocycles. The molecule has 74 valence electrons. The summed E-state index contributed by atoms with van der Waals surface area (Å²) >= 11 is 3.42. The van der Waals surface area contributed by atoms with E-state index in [-0.39, 0.29) is 11.3 Å². The highest BCUT2D eigenvalue weighted by Crippen LogP contribution is 2.32. The van der Waals surface area contributed by atoms with Crippen LogP contribution in [0.25, 0.3) is 0 Å². The molecule has 1 unspecified atom stereocenters. The van der Waals surface area contributed by atoms with Crippen LogP contribution in [0, 0.1) is 0 Å². The zero-order chi connectivity index (χ0) is 10.2. The molecule has 14 heavy (non-hydrogen) atoms. The molecular weight excluding hydrogens is 242 g/mol. The molecule has 1 aromatic carbocycles. The third-order valence-corrected chi connectivity index (χ3v) is 3.37. The zero-order valence-electron chi connectivity index (χ0n) is 8.01. The topological polar surface area (TPSA) is 29.1 Å². The molecule has 0 bridgehead atoms. The van der Waals surface area contributed by atoms with Crippen molar-refractivity contribution in [3.05, 3.63) is 34.3 Å². The number of carbonyl (C=O) groups excluding carboxylic acids is 1. The Morgan fingerprint density at radius 1 is 1.50 bits per heavy atom. The first-order valence-corrected chi connectivity index (χ1v) is 5.46. The van der Waals surface area contributed by atoms with Crippen molar-refractivity contribution in [2.45, 2.75) is 18.8 Å². The van der Waals surface area contributed by atoms with Crippen molar-refractivity contribution in [3.63, 3.8) is 0 Å². The summed E-state index contributed by atoms with van der Waals surface area (Å²) in [6.07, 6.45) is 0.877. The predicted octanol–water partition coefficient (Wildman–Crippen LogP) is 2.23. The third kappa shape index (κ3) is 1.46. The van der Waals surface area contributed by atoms with E-state index in [2.05, 4.69) is 21.2 Å². The highest BCUT2D eigenvalue weighted by molar-refractivity contribution is 9.10. The maximum Gasteiger partial charge on any atom is 0.230 e. The lowest BCUT2D eigenvalue weighted by Gasteiger charge is -2.20. The minimum Gasteiger partial charge on any atom is -0.355 e. The quantitative estimate of drug-likeness (QED) is 0.818. The molecule has 1 aliphatic heterocycles. The Morgan fingerprint density at radius 2 is 2.29 bits per heavy atom. The van der Waals surface area contributed by atoms with E-state index in [1.54, 1.807) is 0 Å². The summed E-state index contributed by atoms with van der Waals surface area (Å²) in [7, 11) is 0. The Morgan fingerprint density at radius 3 is 2.86 bits per heavy atom. The van der Waals surface area contributed by atoms with Gasteiger partial charge >= 0.3 is 0 Å². The van der Waals surface area contributed by atoms with Crippen LogP contribution >= 0.6 is 15.9 Å². The van der Waals surface area contributed by atoms with E-state index in [1.807, 2.05) is 31.2 Å². The van der Waals surface area contributed by atoms with Crippen LogP contribution in [0.5, 0.6) is 0 Å². The zero-order valence-corrected chi connectivity index (χ0v) is 9.60. The summed E-state index contributed by atoms with van der Waals surface area (Å²) in [5, 5.41) is 2.87. The minimum atomic E-state index is -0.343. The minimum absolute atomic E-state index is 0.135. The van der Waals surface area contributed by atoms with Gasteiger partial charge in [-0.05, 0) is 31.0 Å². The first-order chi connectivity index (χ1) is 6.63. The molecule has 1 aliphatic rings. The predicted molar refractivity (Wildman–Crippen MR) is 59.1 cm³/mol. The molecule has 1 N–H and O–H groups in total. The third-order valence-electron chi connectivity index (χ3n) is 2.87. The Bertz CT molecular complexity index is 377. The van der Waals surface area contributed by atoms with E-state index < -0.39 is 0 Å². The van der Waals surface area contributed by atoms with Crippen molar-refractivity contribution in [3.8, 4) is 0 Å². The lowest BCUT2D eigenvalue weighted by atomic mass is 9.81. The maximum atomic E-state index is 11.7. The highest BCUT2D eigenvalue weighted by atomic mass is 79.9. The van der Waals surface area contributed by atoms with E-state index in [9.17, 15) is 4.79 Å². The molecule has 1 heterocycles. The summed E-state index contributed by atoms with van der Waals surface area (Å²) < 4.78 is 1.02. The van der Waals surface area contributed by atoms with E-state index in [0.717, 1.165) is 23.0 Å². The van der Waals surface area contributed by atoms with Gasteiger partial charge in [-0.3, -0.25) is 4.79 Å². The van der Waals surface area contributed by atoms with Gasteiger partial charge in [-0.1, -0.05) is 28.1 Å². The molecule has 2 nitrogen and oxygen atoms in total. The number of halogens is 1. The lowest BCUT2D eigenvalue weighted by molar-refractivity contribution is -0.123. The molecule has 2 rings (SSSR count). The molecule has 1 fully saturated rings. The first kappa shape index (κ1) is 9.71. The standard InChI is InChI=1S/C11H12BrNO/c1-11(5-6-13-10(11)14)8-3-2-4-9(12)7-8/h2-4,7H,5-6H2,1H3,(H,13,14). The summed E-state index contributed by atoms with van der Waals surface area (Å²) in [4.78, 5) is 11.7. The van der Waals surface area contributed by atoms with E-state index in [4.69, 9.17) is 0 Å². The van der Waals surface area contributed by atoms with Gasteiger partial charge in [-0.15, -0.1) is 0 Å². The molecule has 0 aromatic heterocycles. The van der Waals surface area contributed by atoms with Gasteiger partial charge in [0.1, 0.15) is 0 Å². The van der Waals surface area contributed by atoms with Gasteiger partial charge in [0.05, 0.1) is 5.41 Å². The molecule has 1 saturated heterocycles. The van der Waals surface area contributed by atoms with Crippen molar-refractivity contribution >= 4 is 21.8 Å². The molecule has 0 spiro atoms. The second kappa shape index (κ2) is 3.39. The van der Waals surface area contributed by atoms with E-state index in [1.165, 1.54) is 0 Å². The van der Waals surface area contributed by atoms with Gasteiger partial charge in [-0.25, -0.2) is 0 Å². The number of nitrogens with one attached hydrogen (secondary N) is 1. The van der Waals surface area contributed by atoms with Crippen molar-refractivity contribution in [2.24, 2.45) is 0 Å². The van der Waals surface area contributed by atoms with Crippen LogP contribution in [0.3, 0.4) is 0 Å². The van der Waals surface area contributed by atoms with Crippen molar-refractivity contribution in [1.82, 2.24) is 5.32 Å². The van der Waals surface area contributed by atoms with E-state index in [0.29, 0.717) is 0 Å². The number of hydrogen-bond acceptors (Lipinski definition) is 1. The molecular formula is C11H12BrNO. The van der Waals surface area contributed by atoms with Crippen LogP contribution in [-0.4, -0.2) is 12.5 Å². The van der Waals surface area contributed by atoms with E-state index >= 15 is 0 Å². The van der Waals surface area contributed by atoms with Crippen LogP contribution in [0.2, 0.25) is 0 Å². The lowest BCUT2D eigenvalue weighted by Crippen LogP contribution is -2.32. The normalized spacial score (nSPS) is 26.3. The van der Waals surface area contributed by atoms with Gasteiger partial charge in [0.2, 0.25) is 5.91 Å². The van der Waals surface area contributed by atoms with Gasteiger partial charge < -0.3 is 5.32 Å². The Kier molecular flexibility index (Phi) is 2.35. The molecule has 1 atom stereocenters. The van der Waals surface area contributed by atoms with Crippen molar-refractivity contribution < 1.29 is 4.79 Å². The fourth-order valence-corrected chi connectivity index (χ4v) is 2.24. The molecule has 0 saturated carbocycles. The second-order valence-electron chi connectivity index (χ2n) is 3.85. The van der Waals surface area contributed by atoms with Crippen LogP contribution in [0.1, 0.15) is 18.9 Å². The monoisotopic (exact) mass is 253 g/mol. The van der Waals surface area contributed by atoms with Crippen LogP contribution in [-0.2, 0) is 10.2 Å². The second-order valence-corrected chi connectivity index (χ2v) is 4.76. The Labute approximate surface area is 91.8 Å². The average molecular weight is 254 g/mol. The molecule has 1 amide bonds. The fraction of sp³-hybridized carbons (Fsp3) is 0.364. The van der Waals surface area contributed by atoms with Crippen LogP contribution in [0.4, 0.5) is 0 Å². The number of rotatable bonds is 1. The van der Waals surface area contributed by atoms with Crippen LogP contribution < -0.4 is 5.32 Å². The maximum absolute atomic E-state index is 11.7. The highest BCUT2D eigenvalue weighted by Gasteiger charge is 2.39. The first-order valence-electron chi connectivity index (χ1n) is 4.67. The molecule has 0 radical (unpaired) electrons. The SMILES string of the molecule is CC1(c2cccc(Br)c2)CCNC1=O. The molecule has 1 aromatic rings. The Hall–Kier alpha value is -0.830. The molecule has 3 heteroatoms. The van der Waals surface area contributed by atoms with Gasteiger partial charge in [0.15, 0.2) is 0 Å². The van der Waals surface area contributed by atoms with Crippen LogP contribution in [0.15, 0.2) is 28.7 Å². The van der Waals surface area contributed by atoms with Crippen molar-refractivity contribution in [1.29, 1.82) is 0 Å². The van der Waals surface area contributed by atoms with Gasteiger partial charge in [0, 0.05) is 11.0 Å². The Balaban J connectivity index is 2.43. The van der Waals surface area contributed by atoms with Crippen molar-refractivity contribution in [2.75, 3.05) is 6.54 Å². The summed E-state index contributed by atoms with van der Waals surface area (Å²) in [6, 6.07) is 7.97. The fourth-order valence-electron chi connectivity index (χ4n) is 1.84. The average Bonchev–Trinajstić information content (AvgIpc) is 2.49. The van der Waals surface area contributed by atoms with Gasteiger partial charge in [-0.2, -0.15) is 0 Å².